The first-order chi connectivity index (χ1) is 6.37. The van der Waals surface area contributed by atoms with E-state index in [1.165, 1.54) is 0 Å². The van der Waals surface area contributed by atoms with Crippen molar-refractivity contribution in [3.05, 3.63) is 0 Å². The molecule has 2 unspecified atom stereocenters. The van der Waals surface area contributed by atoms with Crippen molar-refractivity contribution in [2.24, 2.45) is 11.8 Å². The smallest absolute Gasteiger partial charge is 0.306 e. The summed E-state index contributed by atoms with van der Waals surface area (Å²) in [6.07, 6.45) is -1.19. The molecule has 14 heavy (non-hydrogen) atoms. The fourth-order valence-electron chi connectivity index (χ4n) is 2.37. The molecule has 0 aromatic carbocycles. The Labute approximate surface area is 83.1 Å². The maximum absolute atomic E-state index is 11.9. The van der Waals surface area contributed by atoms with Crippen molar-refractivity contribution in [2.75, 3.05) is 6.54 Å². The summed E-state index contributed by atoms with van der Waals surface area (Å²) in [6, 6.07) is 0.0513. The highest BCUT2D eigenvalue weighted by atomic mass is 19.4. The molecule has 1 aliphatic carbocycles. The lowest BCUT2D eigenvalue weighted by atomic mass is 9.80. The van der Waals surface area contributed by atoms with Gasteiger partial charge in [-0.15, -0.1) is 0 Å². The molecule has 1 fully saturated rings. The maximum atomic E-state index is 11.9. The summed E-state index contributed by atoms with van der Waals surface area (Å²) in [5.41, 5.74) is 0. The quantitative estimate of drug-likeness (QED) is 0.737. The van der Waals surface area contributed by atoms with E-state index in [4.69, 9.17) is 0 Å². The highest BCUT2D eigenvalue weighted by Crippen LogP contribution is 2.28. The van der Waals surface area contributed by atoms with E-state index in [2.05, 4.69) is 19.2 Å². The highest BCUT2D eigenvalue weighted by Gasteiger charge is 2.30. The number of alkyl halides is 3. The Kier molecular flexibility index (Phi) is 3.81. The molecule has 0 bridgehead atoms. The predicted octanol–water partition coefficient (Wildman–Crippen LogP) is 2.96. The molecule has 0 heterocycles. The Balaban J connectivity index is 2.30. The zero-order valence-corrected chi connectivity index (χ0v) is 8.69. The molecular weight excluding hydrogens is 191 g/mol. The lowest BCUT2D eigenvalue weighted by Gasteiger charge is -2.32. The fourth-order valence-corrected chi connectivity index (χ4v) is 2.37. The van der Waals surface area contributed by atoms with E-state index in [9.17, 15) is 13.2 Å². The van der Waals surface area contributed by atoms with Gasteiger partial charge in [0.05, 0.1) is 6.54 Å². The van der Waals surface area contributed by atoms with E-state index < -0.39 is 12.7 Å². The lowest BCUT2D eigenvalue weighted by molar-refractivity contribution is -0.127. The van der Waals surface area contributed by atoms with Gasteiger partial charge in [0.25, 0.3) is 0 Å². The Morgan fingerprint density at radius 2 is 1.57 bits per heavy atom. The topological polar surface area (TPSA) is 12.0 Å². The maximum Gasteiger partial charge on any atom is 0.401 e. The third-order valence-corrected chi connectivity index (χ3v) is 2.77. The van der Waals surface area contributed by atoms with Crippen molar-refractivity contribution in [3.63, 3.8) is 0 Å². The molecule has 1 saturated carbocycles. The molecule has 0 aromatic heterocycles. The normalized spacial score (nSPS) is 34.5. The summed E-state index contributed by atoms with van der Waals surface area (Å²) in [4.78, 5) is 0. The highest BCUT2D eigenvalue weighted by molar-refractivity contribution is 4.80. The largest absolute Gasteiger partial charge is 0.401 e. The Hall–Kier alpha value is -0.250. The van der Waals surface area contributed by atoms with E-state index in [1.807, 2.05) is 0 Å². The third-order valence-electron chi connectivity index (χ3n) is 2.77. The molecule has 1 N–H and O–H groups in total. The molecule has 1 rings (SSSR count). The molecular formula is C10H18F3N. The van der Waals surface area contributed by atoms with Gasteiger partial charge >= 0.3 is 6.18 Å². The number of hydrogen-bond acceptors (Lipinski definition) is 1. The second kappa shape index (κ2) is 4.51. The van der Waals surface area contributed by atoms with Crippen molar-refractivity contribution < 1.29 is 13.2 Å². The molecule has 0 amide bonds. The van der Waals surface area contributed by atoms with Crippen LogP contribution in [0.4, 0.5) is 13.2 Å². The minimum absolute atomic E-state index is 0.0513. The summed E-state index contributed by atoms with van der Waals surface area (Å²) in [7, 11) is 0. The summed E-state index contributed by atoms with van der Waals surface area (Å²) in [6.45, 7) is 3.37. The average Bonchev–Trinajstić information content (AvgIpc) is 1.97. The molecule has 1 nitrogen and oxygen atoms in total. The van der Waals surface area contributed by atoms with E-state index in [0.29, 0.717) is 11.8 Å². The van der Waals surface area contributed by atoms with Crippen molar-refractivity contribution >= 4 is 0 Å². The second-order valence-corrected chi connectivity index (χ2v) is 4.61. The molecule has 0 saturated heterocycles. The minimum atomic E-state index is -4.08. The minimum Gasteiger partial charge on any atom is -0.306 e. The van der Waals surface area contributed by atoms with Crippen LogP contribution < -0.4 is 5.32 Å². The van der Waals surface area contributed by atoms with Gasteiger partial charge in [-0.2, -0.15) is 13.2 Å². The van der Waals surface area contributed by atoms with Crippen LogP contribution in [0.25, 0.3) is 0 Å². The van der Waals surface area contributed by atoms with Crippen LogP contribution in [0.5, 0.6) is 0 Å². The van der Waals surface area contributed by atoms with Crippen LogP contribution in [-0.4, -0.2) is 18.8 Å². The monoisotopic (exact) mass is 209 g/mol. The van der Waals surface area contributed by atoms with Crippen LogP contribution in [-0.2, 0) is 0 Å². The first kappa shape index (κ1) is 11.8. The number of hydrogen-bond donors (Lipinski definition) is 1. The molecule has 84 valence electrons. The van der Waals surface area contributed by atoms with Crippen LogP contribution in [0.15, 0.2) is 0 Å². The lowest BCUT2D eigenvalue weighted by Crippen LogP contribution is -2.41. The Bertz CT molecular complexity index is 169. The van der Waals surface area contributed by atoms with Gasteiger partial charge in [0, 0.05) is 6.04 Å². The van der Waals surface area contributed by atoms with Gasteiger partial charge in [-0.3, -0.25) is 0 Å². The van der Waals surface area contributed by atoms with Crippen molar-refractivity contribution in [1.29, 1.82) is 0 Å². The van der Waals surface area contributed by atoms with Crippen LogP contribution in [0.3, 0.4) is 0 Å². The average molecular weight is 209 g/mol. The van der Waals surface area contributed by atoms with Gasteiger partial charge in [-0.1, -0.05) is 13.8 Å². The van der Waals surface area contributed by atoms with Crippen LogP contribution in [0.2, 0.25) is 0 Å². The molecule has 1 aliphatic rings. The van der Waals surface area contributed by atoms with Gasteiger partial charge < -0.3 is 5.32 Å². The SMILES string of the molecule is CC1CC(C)CC(NCC(F)(F)F)C1. The summed E-state index contributed by atoms with van der Waals surface area (Å²) in [5, 5.41) is 2.60. The first-order valence-electron chi connectivity index (χ1n) is 5.17. The second-order valence-electron chi connectivity index (χ2n) is 4.61. The Morgan fingerprint density at radius 1 is 1.07 bits per heavy atom. The zero-order valence-electron chi connectivity index (χ0n) is 8.69. The molecule has 0 aliphatic heterocycles. The van der Waals surface area contributed by atoms with Gasteiger partial charge in [0.15, 0.2) is 0 Å². The fraction of sp³-hybridized carbons (Fsp3) is 1.00. The summed E-state index contributed by atoms with van der Waals surface area (Å²) in [5.74, 6) is 1.09. The standard InChI is InChI=1S/C10H18F3N/c1-7-3-8(2)5-9(4-7)14-6-10(11,12)13/h7-9,14H,3-6H2,1-2H3. The zero-order chi connectivity index (χ0) is 10.8. The molecule has 2 atom stereocenters. The number of rotatable bonds is 2. The van der Waals surface area contributed by atoms with Crippen molar-refractivity contribution in [2.45, 2.75) is 45.3 Å². The van der Waals surface area contributed by atoms with E-state index in [0.717, 1.165) is 19.3 Å². The van der Waals surface area contributed by atoms with Gasteiger partial charge in [0.1, 0.15) is 0 Å². The van der Waals surface area contributed by atoms with E-state index >= 15 is 0 Å². The van der Waals surface area contributed by atoms with Crippen LogP contribution >= 0.6 is 0 Å². The Morgan fingerprint density at radius 3 is 2.00 bits per heavy atom. The first-order valence-corrected chi connectivity index (χ1v) is 5.17. The number of halogens is 3. The van der Waals surface area contributed by atoms with Gasteiger partial charge in [0.2, 0.25) is 0 Å². The van der Waals surface area contributed by atoms with E-state index in [1.54, 1.807) is 0 Å². The van der Waals surface area contributed by atoms with Gasteiger partial charge in [-0.25, -0.2) is 0 Å². The molecule has 0 spiro atoms. The van der Waals surface area contributed by atoms with Gasteiger partial charge in [-0.05, 0) is 31.1 Å². The van der Waals surface area contributed by atoms with Crippen molar-refractivity contribution in [3.8, 4) is 0 Å². The summed E-state index contributed by atoms with van der Waals surface area (Å²) < 4.78 is 35.8. The van der Waals surface area contributed by atoms with E-state index in [-0.39, 0.29) is 6.04 Å². The number of nitrogens with one attached hydrogen (secondary N) is 1. The summed E-state index contributed by atoms with van der Waals surface area (Å²) >= 11 is 0. The molecule has 0 aromatic rings. The van der Waals surface area contributed by atoms with Crippen LogP contribution in [0.1, 0.15) is 33.1 Å². The molecule has 4 heteroatoms. The van der Waals surface area contributed by atoms with Crippen LogP contribution in [0, 0.1) is 11.8 Å². The third kappa shape index (κ3) is 4.31. The van der Waals surface area contributed by atoms with Crippen molar-refractivity contribution in [1.82, 2.24) is 5.32 Å². The molecule has 0 radical (unpaired) electrons. The predicted molar refractivity (Wildman–Crippen MR) is 50.0 cm³/mol.